The second-order valence-corrected chi connectivity index (χ2v) is 7.81. The molecule has 2 aliphatic heterocycles. The highest BCUT2D eigenvalue weighted by molar-refractivity contribution is 7.99. The molecule has 4 heteroatoms. The highest BCUT2D eigenvalue weighted by atomic mass is 35.5. The maximum atomic E-state index is 6.21. The van der Waals surface area contributed by atoms with Gasteiger partial charge in [-0.1, -0.05) is 41.6 Å². The van der Waals surface area contributed by atoms with Gasteiger partial charge < -0.3 is 4.90 Å². The molecular weight excluding hydrogens is 324 g/mol. The third-order valence-electron chi connectivity index (χ3n) is 4.65. The Morgan fingerprint density at radius 3 is 2.70 bits per heavy atom. The molecule has 2 heterocycles. The molecule has 0 unspecified atom stereocenters. The molecule has 1 saturated heterocycles. The molecule has 118 valence electrons. The predicted molar refractivity (Wildman–Crippen MR) is 98.4 cm³/mol. The zero-order valence-electron chi connectivity index (χ0n) is 13.1. The van der Waals surface area contributed by atoms with Gasteiger partial charge in [0.1, 0.15) is 0 Å². The van der Waals surface area contributed by atoms with Crippen molar-refractivity contribution in [3.8, 4) is 0 Å². The van der Waals surface area contributed by atoms with Crippen molar-refractivity contribution >= 4 is 34.8 Å². The Morgan fingerprint density at radius 2 is 1.87 bits per heavy atom. The van der Waals surface area contributed by atoms with Crippen molar-refractivity contribution in [2.24, 2.45) is 10.9 Å². The zero-order chi connectivity index (χ0) is 15.8. The predicted octanol–water partition coefficient (Wildman–Crippen LogP) is 5.27. The minimum absolute atomic E-state index is 0.526. The lowest BCUT2D eigenvalue weighted by molar-refractivity contribution is 0.252. The molecule has 2 aromatic carbocycles. The van der Waals surface area contributed by atoms with Gasteiger partial charge in [0.25, 0.3) is 0 Å². The van der Waals surface area contributed by atoms with E-state index >= 15 is 0 Å². The monoisotopic (exact) mass is 342 g/mol. The van der Waals surface area contributed by atoms with Crippen LogP contribution < -0.4 is 0 Å². The Labute approximate surface area is 146 Å². The lowest BCUT2D eigenvalue weighted by Gasteiger charge is -2.30. The van der Waals surface area contributed by atoms with Gasteiger partial charge >= 0.3 is 0 Å². The smallest absolute Gasteiger partial charge is 0.0787 e. The Balaban J connectivity index is 1.83. The molecule has 0 aliphatic carbocycles. The zero-order valence-corrected chi connectivity index (χ0v) is 14.7. The molecule has 0 spiro atoms. The van der Waals surface area contributed by atoms with Crippen LogP contribution in [0.3, 0.4) is 0 Å². The number of likely N-dealkylation sites (tertiary alicyclic amines) is 1. The Kier molecular flexibility index (Phi) is 4.18. The third kappa shape index (κ3) is 3.06. The van der Waals surface area contributed by atoms with Gasteiger partial charge in [-0.3, -0.25) is 4.99 Å². The standard InChI is InChI=1S/C19H19ClN2S/c1-22-10-8-13(9-11-22)19-15-4-2-3-5-17(15)23-18-7-6-14(20)12-16(18)21-19/h2-7,12-13H,8-11H2,1H3. The van der Waals surface area contributed by atoms with Crippen molar-refractivity contribution in [3.05, 3.63) is 53.1 Å². The summed E-state index contributed by atoms with van der Waals surface area (Å²) in [4.78, 5) is 9.97. The van der Waals surface area contributed by atoms with Crippen LogP contribution in [0.15, 0.2) is 57.2 Å². The summed E-state index contributed by atoms with van der Waals surface area (Å²) in [5.74, 6) is 0.526. The largest absolute Gasteiger partial charge is 0.306 e. The summed E-state index contributed by atoms with van der Waals surface area (Å²) in [7, 11) is 2.20. The van der Waals surface area contributed by atoms with E-state index in [4.69, 9.17) is 16.6 Å². The van der Waals surface area contributed by atoms with Crippen molar-refractivity contribution in [1.29, 1.82) is 0 Å². The highest BCUT2D eigenvalue weighted by Gasteiger charge is 2.26. The van der Waals surface area contributed by atoms with Crippen LogP contribution >= 0.6 is 23.4 Å². The maximum absolute atomic E-state index is 6.21. The van der Waals surface area contributed by atoms with E-state index in [0.717, 1.165) is 23.8 Å². The molecule has 0 atom stereocenters. The molecule has 1 fully saturated rings. The average Bonchev–Trinajstić information content (AvgIpc) is 2.72. The summed E-state index contributed by atoms with van der Waals surface area (Å²) in [6, 6.07) is 14.7. The lowest BCUT2D eigenvalue weighted by atomic mass is 9.88. The Hall–Kier alpha value is -1.29. The van der Waals surface area contributed by atoms with Crippen molar-refractivity contribution in [2.75, 3.05) is 20.1 Å². The summed E-state index contributed by atoms with van der Waals surface area (Å²) in [5, 5.41) is 0.752. The topological polar surface area (TPSA) is 15.6 Å². The Morgan fingerprint density at radius 1 is 1.09 bits per heavy atom. The van der Waals surface area contributed by atoms with Crippen molar-refractivity contribution in [3.63, 3.8) is 0 Å². The number of aliphatic imine (C=N–C) groups is 1. The number of fused-ring (bicyclic) bond motifs is 2. The second-order valence-electron chi connectivity index (χ2n) is 6.28. The fourth-order valence-corrected chi connectivity index (χ4v) is 4.51. The van der Waals surface area contributed by atoms with E-state index in [1.54, 1.807) is 11.8 Å². The number of hydrogen-bond donors (Lipinski definition) is 0. The molecule has 0 aromatic heterocycles. The summed E-state index contributed by atoms with van der Waals surface area (Å²) in [5.41, 5.74) is 3.54. The van der Waals surface area contributed by atoms with E-state index in [9.17, 15) is 0 Å². The van der Waals surface area contributed by atoms with Crippen LogP contribution in [0.1, 0.15) is 18.4 Å². The van der Waals surface area contributed by atoms with Crippen LogP contribution in [-0.2, 0) is 0 Å². The van der Waals surface area contributed by atoms with E-state index < -0.39 is 0 Å². The van der Waals surface area contributed by atoms with Gasteiger partial charge in [-0.2, -0.15) is 0 Å². The summed E-state index contributed by atoms with van der Waals surface area (Å²) < 4.78 is 0. The molecule has 0 saturated carbocycles. The summed E-state index contributed by atoms with van der Waals surface area (Å²) >= 11 is 8.01. The van der Waals surface area contributed by atoms with Gasteiger partial charge in [-0.25, -0.2) is 0 Å². The van der Waals surface area contributed by atoms with Crippen LogP contribution in [0.2, 0.25) is 5.02 Å². The lowest BCUT2D eigenvalue weighted by Crippen LogP contribution is -2.34. The van der Waals surface area contributed by atoms with E-state index in [0.29, 0.717) is 5.92 Å². The van der Waals surface area contributed by atoms with Crippen LogP contribution in [-0.4, -0.2) is 30.7 Å². The summed E-state index contributed by atoms with van der Waals surface area (Å²) in [6.45, 7) is 2.28. The van der Waals surface area contributed by atoms with Crippen molar-refractivity contribution < 1.29 is 0 Å². The molecule has 2 aromatic rings. The molecular formula is C19H19ClN2S. The molecule has 0 N–H and O–H groups in total. The normalized spacial score (nSPS) is 18.8. The van der Waals surface area contributed by atoms with Crippen LogP contribution in [0, 0.1) is 5.92 Å². The van der Waals surface area contributed by atoms with Crippen LogP contribution in [0.25, 0.3) is 0 Å². The van der Waals surface area contributed by atoms with Gasteiger partial charge in [0, 0.05) is 26.3 Å². The van der Waals surface area contributed by atoms with Crippen molar-refractivity contribution in [1.82, 2.24) is 4.90 Å². The second kappa shape index (κ2) is 6.31. The van der Waals surface area contributed by atoms with E-state index in [1.165, 1.54) is 33.9 Å². The molecule has 2 aliphatic rings. The quantitative estimate of drug-likeness (QED) is 0.701. The molecule has 4 rings (SSSR count). The first-order valence-corrected chi connectivity index (χ1v) is 9.24. The first-order valence-electron chi connectivity index (χ1n) is 8.04. The molecule has 0 radical (unpaired) electrons. The number of halogens is 1. The molecule has 0 amide bonds. The third-order valence-corrected chi connectivity index (χ3v) is 6.03. The highest BCUT2D eigenvalue weighted by Crippen LogP contribution is 2.43. The van der Waals surface area contributed by atoms with Crippen molar-refractivity contribution in [2.45, 2.75) is 22.6 Å². The minimum atomic E-state index is 0.526. The first kappa shape index (κ1) is 15.3. The molecule has 0 bridgehead atoms. The van der Waals surface area contributed by atoms with Gasteiger partial charge in [0.15, 0.2) is 0 Å². The molecule has 23 heavy (non-hydrogen) atoms. The average molecular weight is 343 g/mol. The van der Waals surface area contributed by atoms with Crippen LogP contribution in [0.4, 0.5) is 5.69 Å². The number of piperidine rings is 1. The van der Waals surface area contributed by atoms with E-state index in [1.807, 2.05) is 12.1 Å². The maximum Gasteiger partial charge on any atom is 0.0787 e. The van der Waals surface area contributed by atoms with E-state index in [2.05, 4.69) is 42.3 Å². The fraction of sp³-hybridized carbons (Fsp3) is 0.316. The SMILES string of the molecule is CN1CCC(C2=Nc3cc(Cl)ccc3Sc3ccccc32)CC1. The number of nitrogens with zero attached hydrogens (tertiary/aromatic N) is 2. The van der Waals surface area contributed by atoms with Gasteiger partial charge in [-0.05, 0) is 57.2 Å². The van der Waals surface area contributed by atoms with E-state index in [-0.39, 0.29) is 0 Å². The summed E-state index contributed by atoms with van der Waals surface area (Å²) in [6.07, 6.45) is 2.34. The Bertz CT molecular complexity index is 764. The fourth-order valence-electron chi connectivity index (χ4n) is 3.33. The minimum Gasteiger partial charge on any atom is -0.306 e. The van der Waals surface area contributed by atoms with Gasteiger partial charge in [-0.15, -0.1) is 0 Å². The van der Waals surface area contributed by atoms with Gasteiger partial charge in [0.05, 0.1) is 11.4 Å². The number of benzene rings is 2. The molecule has 2 nitrogen and oxygen atoms in total. The van der Waals surface area contributed by atoms with Crippen LogP contribution in [0.5, 0.6) is 0 Å². The first-order chi connectivity index (χ1) is 11.2. The number of rotatable bonds is 1. The number of hydrogen-bond acceptors (Lipinski definition) is 3. The van der Waals surface area contributed by atoms with Gasteiger partial charge in [0.2, 0.25) is 0 Å².